The highest BCUT2D eigenvalue weighted by molar-refractivity contribution is 5.95. The van der Waals surface area contributed by atoms with Gasteiger partial charge in [0.05, 0.1) is 24.1 Å². The number of nitrogens with one attached hydrogen (secondary N) is 2. The zero-order chi connectivity index (χ0) is 29.8. The Labute approximate surface area is 239 Å². The van der Waals surface area contributed by atoms with Gasteiger partial charge in [-0.3, -0.25) is 9.59 Å². The molecule has 0 radical (unpaired) electrons. The van der Waals surface area contributed by atoms with Crippen LogP contribution in [0.1, 0.15) is 87.3 Å². The highest BCUT2D eigenvalue weighted by Gasteiger charge is 2.60. The number of alkyl halides is 3. The van der Waals surface area contributed by atoms with Crippen LogP contribution in [0, 0.1) is 11.3 Å². The molecule has 11 heteroatoms. The molecule has 0 saturated heterocycles. The second-order valence-corrected chi connectivity index (χ2v) is 11.1. The predicted octanol–water partition coefficient (Wildman–Crippen LogP) is 6.14. The summed E-state index contributed by atoms with van der Waals surface area (Å²) in [6, 6.07) is 4.90. The molecular weight excluding hydrogens is 535 g/mol. The van der Waals surface area contributed by atoms with E-state index in [1.54, 1.807) is 25.1 Å². The van der Waals surface area contributed by atoms with E-state index in [-0.39, 0.29) is 47.3 Å². The number of carbonyl (C=O) groups is 2. The SMILES string of the molecule is CCCN(C(C)=O)[C@@H]1CCCC[C@@]12C[C@@H]2CCc1nc(Nc2ccc(C(=O)NCC)cc2OC)ncc1C(F)(F)F. The summed E-state index contributed by atoms with van der Waals surface area (Å²) in [7, 11) is 1.44. The van der Waals surface area contributed by atoms with Crippen LogP contribution in [-0.2, 0) is 17.4 Å². The van der Waals surface area contributed by atoms with Gasteiger partial charge in [0.15, 0.2) is 0 Å². The first-order chi connectivity index (χ1) is 19.5. The number of nitrogens with zero attached hydrogens (tertiary/aromatic N) is 3. The van der Waals surface area contributed by atoms with Crippen molar-refractivity contribution < 1.29 is 27.5 Å². The summed E-state index contributed by atoms with van der Waals surface area (Å²) in [5, 5.41) is 5.67. The predicted molar refractivity (Wildman–Crippen MR) is 150 cm³/mol. The lowest BCUT2D eigenvalue weighted by Gasteiger charge is -2.41. The van der Waals surface area contributed by atoms with Gasteiger partial charge < -0.3 is 20.3 Å². The zero-order valence-corrected chi connectivity index (χ0v) is 24.2. The van der Waals surface area contributed by atoms with Crippen molar-refractivity contribution in [2.24, 2.45) is 11.3 Å². The number of halogens is 3. The maximum atomic E-state index is 13.9. The van der Waals surface area contributed by atoms with E-state index in [9.17, 15) is 22.8 Å². The molecule has 0 aliphatic heterocycles. The third-order valence-corrected chi connectivity index (χ3v) is 8.51. The third-order valence-electron chi connectivity index (χ3n) is 8.51. The van der Waals surface area contributed by atoms with Crippen LogP contribution in [0.2, 0.25) is 0 Å². The van der Waals surface area contributed by atoms with E-state index >= 15 is 0 Å². The summed E-state index contributed by atoms with van der Waals surface area (Å²) in [5.74, 6) is 0.419. The molecule has 2 saturated carbocycles. The number of amides is 2. The van der Waals surface area contributed by atoms with Gasteiger partial charge in [-0.05, 0) is 75.0 Å². The Bertz CT molecular complexity index is 1250. The van der Waals surface area contributed by atoms with Crippen molar-refractivity contribution >= 4 is 23.5 Å². The molecule has 2 N–H and O–H groups in total. The van der Waals surface area contributed by atoms with Gasteiger partial charge in [0.2, 0.25) is 11.9 Å². The van der Waals surface area contributed by atoms with E-state index in [4.69, 9.17) is 4.74 Å². The molecule has 2 aromatic rings. The van der Waals surface area contributed by atoms with E-state index < -0.39 is 11.7 Å². The van der Waals surface area contributed by atoms with Crippen molar-refractivity contribution in [1.29, 1.82) is 0 Å². The molecule has 41 heavy (non-hydrogen) atoms. The van der Waals surface area contributed by atoms with Gasteiger partial charge in [0, 0.05) is 37.8 Å². The van der Waals surface area contributed by atoms with E-state index in [1.165, 1.54) is 7.11 Å². The quantitative estimate of drug-likeness (QED) is 0.334. The van der Waals surface area contributed by atoms with Crippen molar-refractivity contribution in [3.8, 4) is 5.75 Å². The van der Waals surface area contributed by atoms with Crippen LogP contribution in [0.3, 0.4) is 0 Å². The first-order valence-corrected chi connectivity index (χ1v) is 14.5. The molecule has 0 unspecified atom stereocenters. The van der Waals surface area contributed by atoms with E-state index in [0.717, 1.165) is 44.7 Å². The standard InChI is InChI=1S/C30H40F3N5O3/c1-5-15-38(19(3)39)26-9-7-8-14-29(26)17-21(29)11-13-23-22(30(31,32)33)18-35-28(36-23)37-24-12-10-20(16-25(24)41-4)27(40)34-6-2/h10,12,16,18,21,26H,5-9,11,13-15,17H2,1-4H3,(H,34,40)(H,35,36,37)/t21-,26+,29-/m0/s1. The molecule has 2 fully saturated rings. The fraction of sp³-hybridized carbons (Fsp3) is 0.600. The average molecular weight is 576 g/mol. The largest absolute Gasteiger partial charge is 0.495 e. The third kappa shape index (κ3) is 6.76. The second-order valence-electron chi connectivity index (χ2n) is 11.1. The Morgan fingerprint density at radius 3 is 2.66 bits per heavy atom. The number of ether oxygens (including phenoxy) is 1. The zero-order valence-electron chi connectivity index (χ0n) is 24.2. The first-order valence-electron chi connectivity index (χ1n) is 14.5. The lowest BCUT2D eigenvalue weighted by Crippen LogP contribution is -2.47. The number of rotatable bonds is 11. The van der Waals surface area contributed by atoms with Gasteiger partial charge in [0.1, 0.15) is 5.75 Å². The molecule has 1 aromatic carbocycles. The van der Waals surface area contributed by atoms with Gasteiger partial charge in [0.25, 0.3) is 5.91 Å². The molecule has 2 amide bonds. The van der Waals surface area contributed by atoms with Crippen molar-refractivity contribution in [2.75, 3.05) is 25.5 Å². The number of benzene rings is 1. The number of hydrogen-bond donors (Lipinski definition) is 2. The van der Waals surface area contributed by atoms with Gasteiger partial charge in [-0.25, -0.2) is 9.97 Å². The number of hydrogen-bond acceptors (Lipinski definition) is 6. The van der Waals surface area contributed by atoms with E-state index in [2.05, 4.69) is 27.5 Å². The summed E-state index contributed by atoms with van der Waals surface area (Å²) in [5.41, 5.74) is -0.0834. The van der Waals surface area contributed by atoms with Crippen LogP contribution in [0.15, 0.2) is 24.4 Å². The molecule has 3 atom stereocenters. The fourth-order valence-corrected chi connectivity index (χ4v) is 6.52. The van der Waals surface area contributed by atoms with Crippen molar-refractivity contribution in [3.05, 3.63) is 41.2 Å². The van der Waals surface area contributed by atoms with Crippen molar-refractivity contribution in [1.82, 2.24) is 20.2 Å². The lowest BCUT2D eigenvalue weighted by atomic mass is 9.78. The number of anilines is 2. The lowest BCUT2D eigenvalue weighted by molar-refractivity contribution is -0.139. The molecule has 1 aromatic heterocycles. The number of aromatic nitrogens is 2. The summed E-state index contributed by atoms with van der Waals surface area (Å²) in [6.45, 7) is 6.67. The first kappa shape index (κ1) is 30.6. The van der Waals surface area contributed by atoms with Crippen molar-refractivity contribution in [3.63, 3.8) is 0 Å². The Balaban J connectivity index is 1.53. The van der Waals surface area contributed by atoms with Crippen molar-refractivity contribution in [2.45, 2.75) is 84.4 Å². The minimum atomic E-state index is -4.58. The summed E-state index contributed by atoms with van der Waals surface area (Å²) in [4.78, 5) is 34.9. The molecule has 1 spiro atoms. The smallest absolute Gasteiger partial charge is 0.419 e. The van der Waals surface area contributed by atoms with Crippen LogP contribution >= 0.6 is 0 Å². The van der Waals surface area contributed by atoms with Crippen LogP contribution in [-0.4, -0.2) is 52.9 Å². The minimum Gasteiger partial charge on any atom is -0.495 e. The molecule has 1 heterocycles. The molecule has 8 nitrogen and oxygen atoms in total. The Morgan fingerprint density at radius 1 is 1.22 bits per heavy atom. The highest BCUT2D eigenvalue weighted by Crippen LogP contribution is 2.64. The van der Waals surface area contributed by atoms with Crippen LogP contribution in [0.25, 0.3) is 0 Å². The van der Waals surface area contributed by atoms with E-state index in [1.807, 2.05) is 11.8 Å². The van der Waals surface area contributed by atoms with Crippen LogP contribution < -0.4 is 15.4 Å². The minimum absolute atomic E-state index is 0.00915. The van der Waals surface area contributed by atoms with Crippen LogP contribution in [0.4, 0.5) is 24.8 Å². The Morgan fingerprint density at radius 2 is 2.00 bits per heavy atom. The average Bonchev–Trinajstić information content (AvgIpc) is 3.62. The number of aryl methyl sites for hydroxylation is 1. The molecule has 0 bridgehead atoms. The van der Waals surface area contributed by atoms with Gasteiger partial charge >= 0.3 is 6.18 Å². The normalized spacial score (nSPS) is 21.8. The maximum Gasteiger partial charge on any atom is 0.419 e. The highest BCUT2D eigenvalue weighted by atomic mass is 19.4. The second kappa shape index (κ2) is 12.7. The summed E-state index contributed by atoms with van der Waals surface area (Å²) < 4.78 is 47.2. The van der Waals surface area contributed by atoms with Crippen LogP contribution in [0.5, 0.6) is 5.75 Å². The monoisotopic (exact) mass is 575 g/mol. The molecule has 2 aliphatic carbocycles. The Kier molecular flexibility index (Phi) is 9.44. The molecular formula is C30H40F3N5O3. The van der Waals surface area contributed by atoms with Gasteiger partial charge in [-0.2, -0.15) is 13.2 Å². The van der Waals surface area contributed by atoms with Gasteiger partial charge in [-0.1, -0.05) is 19.8 Å². The summed E-state index contributed by atoms with van der Waals surface area (Å²) >= 11 is 0. The van der Waals surface area contributed by atoms with Gasteiger partial charge in [-0.15, -0.1) is 0 Å². The fourth-order valence-electron chi connectivity index (χ4n) is 6.52. The Hall–Kier alpha value is -3.37. The molecule has 4 rings (SSSR count). The topological polar surface area (TPSA) is 96.5 Å². The maximum absolute atomic E-state index is 13.9. The molecule has 224 valence electrons. The molecule has 2 aliphatic rings. The van der Waals surface area contributed by atoms with E-state index in [0.29, 0.717) is 36.5 Å². The number of methoxy groups -OCH3 is 1. The summed E-state index contributed by atoms with van der Waals surface area (Å²) in [6.07, 6.45) is 2.88. The number of carbonyl (C=O) groups excluding carboxylic acids is 2.